The average molecular weight is 262 g/mol. The predicted octanol–water partition coefficient (Wildman–Crippen LogP) is 0.625. The van der Waals surface area contributed by atoms with Crippen LogP contribution in [0.4, 0.5) is 0 Å². The van der Waals surface area contributed by atoms with Crippen LogP contribution in [0.25, 0.3) is 0 Å². The molecule has 1 heterocycles. The number of esters is 1. The lowest BCUT2D eigenvalue weighted by Gasteiger charge is -2.17. The molecule has 0 fully saturated rings. The number of hydrogen-bond donors (Lipinski definition) is 2. The minimum absolute atomic E-state index is 0.0952. The van der Waals surface area contributed by atoms with Crippen LogP contribution in [0.15, 0.2) is 18.2 Å². The third-order valence-corrected chi connectivity index (χ3v) is 3.05. The molecule has 5 nitrogen and oxygen atoms in total. The number of carbonyl (C=O) groups is 2. The largest absolute Gasteiger partial charge is 0.465 e. The van der Waals surface area contributed by atoms with E-state index in [4.69, 9.17) is 4.74 Å². The Hall–Kier alpha value is -1.88. The third-order valence-electron chi connectivity index (χ3n) is 3.05. The van der Waals surface area contributed by atoms with Crippen molar-refractivity contribution in [1.82, 2.24) is 10.6 Å². The summed E-state index contributed by atoms with van der Waals surface area (Å²) in [6.45, 7) is 3.72. The molecule has 1 amide bonds. The molecule has 0 saturated heterocycles. The van der Waals surface area contributed by atoms with Gasteiger partial charge in [-0.15, -0.1) is 0 Å². The van der Waals surface area contributed by atoms with E-state index >= 15 is 0 Å². The smallest absolute Gasteiger partial charge is 0.325 e. The fourth-order valence-corrected chi connectivity index (χ4v) is 2.09. The van der Waals surface area contributed by atoms with Crippen molar-refractivity contribution < 1.29 is 14.3 Å². The van der Waals surface area contributed by atoms with Crippen LogP contribution >= 0.6 is 0 Å². The van der Waals surface area contributed by atoms with E-state index in [0.29, 0.717) is 12.2 Å². The Labute approximate surface area is 112 Å². The van der Waals surface area contributed by atoms with Gasteiger partial charge in [0.05, 0.1) is 6.61 Å². The van der Waals surface area contributed by atoms with Crippen molar-refractivity contribution in [3.63, 3.8) is 0 Å². The zero-order chi connectivity index (χ0) is 13.7. The molecule has 1 aliphatic rings. The Balaban J connectivity index is 1.97. The van der Waals surface area contributed by atoms with Crippen molar-refractivity contribution in [2.24, 2.45) is 0 Å². The van der Waals surface area contributed by atoms with Crippen LogP contribution in [-0.4, -0.2) is 31.6 Å². The summed E-state index contributed by atoms with van der Waals surface area (Å²) >= 11 is 0. The monoisotopic (exact) mass is 262 g/mol. The summed E-state index contributed by atoms with van der Waals surface area (Å²) in [5, 5.41) is 5.82. The number of carbonyl (C=O) groups excluding carboxylic acids is 2. The second kappa shape index (κ2) is 6.33. The van der Waals surface area contributed by atoms with Crippen LogP contribution in [0.1, 0.15) is 28.4 Å². The highest BCUT2D eigenvalue weighted by Crippen LogP contribution is 2.15. The topological polar surface area (TPSA) is 67.4 Å². The summed E-state index contributed by atoms with van der Waals surface area (Å²) in [5.41, 5.74) is 3.00. The van der Waals surface area contributed by atoms with E-state index in [-0.39, 0.29) is 12.5 Å². The van der Waals surface area contributed by atoms with E-state index in [1.54, 1.807) is 13.0 Å². The molecule has 1 aliphatic heterocycles. The van der Waals surface area contributed by atoms with Gasteiger partial charge in [0.1, 0.15) is 6.54 Å². The van der Waals surface area contributed by atoms with Gasteiger partial charge in [-0.25, -0.2) is 0 Å². The second-order valence-corrected chi connectivity index (χ2v) is 4.40. The molecular weight excluding hydrogens is 244 g/mol. The van der Waals surface area contributed by atoms with E-state index in [1.807, 2.05) is 12.1 Å². The van der Waals surface area contributed by atoms with Crippen molar-refractivity contribution in [2.75, 3.05) is 19.7 Å². The highest BCUT2D eigenvalue weighted by atomic mass is 16.5. The summed E-state index contributed by atoms with van der Waals surface area (Å²) in [5.74, 6) is -0.670. The minimum Gasteiger partial charge on any atom is -0.465 e. The van der Waals surface area contributed by atoms with Crippen molar-refractivity contribution in [2.45, 2.75) is 19.9 Å². The van der Waals surface area contributed by atoms with E-state index in [1.165, 1.54) is 5.56 Å². The van der Waals surface area contributed by atoms with Crippen LogP contribution in [0.2, 0.25) is 0 Å². The molecule has 0 saturated carbocycles. The maximum atomic E-state index is 11.9. The summed E-state index contributed by atoms with van der Waals surface area (Å²) in [4.78, 5) is 23.1. The summed E-state index contributed by atoms with van der Waals surface area (Å²) in [6.07, 6.45) is 0.986. The van der Waals surface area contributed by atoms with Crippen molar-refractivity contribution in [1.29, 1.82) is 0 Å². The van der Waals surface area contributed by atoms with Gasteiger partial charge in [0.2, 0.25) is 0 Å². The Bertz CT molecular complexity index is 486. The molecule has 19 heavy (non-hydrogen) atoms. The van der Waals surface area contributed by atoms with Crippen LogP contribution in [0, 0.1) is 0 Å². The van der Waals surface area contributed by atoms with Crippen LogP contribution < -0.4 is 10.6 Å². The summed E-state index contributed by atoms with van der Waals surface area (Å²) in [7, 11) is 0. The van der Waals surface area contributed by atoms with Gasteiger partial charge >= 0.3 is 5.97 Å². The molecule has 0 aromatic heterocycles. The van der Waals surface area contributed by atoms with Gasteiger partial charge in [0, 0.05) is 12.1 Å². The predicted molar refractivity (Wildman–Crippen MR) is 70.8 cm³/mol. The van der Waals surface area contributed by atoms with Crippen molar-refractivity contribution in [3.05, 3.63) is 34.9 Å². The Morgan fingerprint density at radius 2 is 2.21 bits per heavy atom. The minimum atomic E-state index is -0.421. The van der Waals surface area contributed by atoms with E-state index in [9.17, 15) is 9.59 Å². The van der Waals surface area contributed by atoms with Gasteiger partial charge in [-0.3, -0.25) is 9.59 Å². The van der Waals surface area contributed by atoms with Gasteiger partial charge in [-0.2, -0.15) is 0 Å². The highest BCUT2D eigenvalue weighted by molar-refractivity contribution is 5.96. The lowest BCUT2D eigenvalue weighted by atomic mass is 9.98. The molecule has 5 heteroatoms. The van der Waals surface area contributed by atoms with Crippen LogP contribution in [-0.2, 0) is 22.5 Å². The van der Waals surface area contributed by atoms with Crippen LogP contribution in [0.3, 0.4) is 0 Å². The fourth-order valence-electron chi connectivity index (χ4n) is 2.09. The molecule has 0 spiro atoms. The van der Waals surface area contributed by atoms with Gasteiger partial charge in [0.25, 0.3) is 5.91 Å². The third kappa shape index (κ3) is 3.54. The molecular formula is C14H18N2O3. The fraction of sp³-hybridized carbons (Fsp3) is 0.429. The molecule has 102 valence electrons. The van der Waals surface area contributed by atoms with Gasteiger partial charge < -0.3 is 15.4 Å². The van der Waals surface area contributed by atoms with Crippen LogP contribution in [0.5, 0.6) is 0 Å². The zero-order valence-electron chi connectivity index (χ0n) is 11.0. The molecule has 0 bridgehead atoms. The summed E-state index contributed by atoms with van der Waals surface area (Å²) < 4.78 is 4.76. The quantitative estimate of drug-likeness (QED) is 0.781. The first-order valence-corrected chi connectivity index (χ1v) is 6.47. The molecule has 1 aromatic carbocycles. The standard InChI is InChI=1S/C14H18N2O3/c1-2-19-13(17)9-16-14(18)11-4-3-10-5-6-15-8-12(10)7-11/h3-4,7,15H,2,5-6,8-9H2,1H3,(H,16,18). The zero-order valence-corrected chi connectivity index (χ0v) is 11.0. The number of benzene rings is 1. The first-order chi connectivity index (χ1) is 9.20. The molecule has 0 atom stereocenters. The average Bonchev–Trinajstić information content (AvgIpc) is 2.44. The number of hydrogen-bond acceptors (Lipinski definition) is 4. The lowest BCUT2D eigenvalue weighted by molar-refractivity contribution is -0.141. The molecule has 1 aromatic rings. The van der Waals surface area contributed by atoms with E-state index in [2.05, 4.69) is 10.6 Å². The molecule has 0 radical (unpaired) electrons. The van der Waals surface area contributed by atoms with Gasteiger partial charge in [0.15, 0.2) is 0 Å². The van der Waals surface area contributed by atoms with Crippen molar-refractivity contribution >= 4 is 11.9 Å². The molecule has 0 aliphatic carbocycles. The van der Waals surface area contributed by atoms with E-state index in [0.717, 1.165) is 25.1 Å². The summed E-state index contributed by atoms with van der Waals surface area (Å²) in [6, 6.07) is 5.65. The number of amides is 1. The SMILES string of the molecule is CCOC(=O)CNC(=O)c1ccc2c(c1)CNCC2. The normalized spacial score (nSPS) is 13.5. The maximum Gasteiger partial charge on any atom is 0.325 e. The Morgan fingerprint density at radius 3 is 3.00 bits per heavy atom. The number of nitrogens with one attached hydrogen (secondary N) is 2. The Kier molecular flexibility index (Phi) is 4.52. The molecule has 2 rings (SSSR count). The van der Waals surface area contributed by atoms with Gasteiger partial charge in [-0.05, 0) is 43.1 Å². The number of rotatable bonds is 4. The number of ether oxygens (including phenoxy) is 1. The second-order valence-electron chi connectivity index (χ2n) is 4.40. The molecule has 2 N–H and O–H groups in total. The van der Waals surface area contributed by atoms with Gasteiger partial charge in [-0.1, -0.05) is 6.07 Å². The first-order valence-electron chi connectivity index (χ1n) is 6.47. The molecule has 0 unspecified atom stereocenters. The van der Waals surface area contributed by atoms with E-state index < -0.39 is 5.97 Å². The highest BCUT2D eigenvalue weighted by Gasteiger charge is 2.13. The lowest BCUT2D eigenvalue weighted by Crippen LogP contribution is -2.31. The number of fused-ring (bicyclic) bond motifs is 1. The van der Waals surface area contributed by atoms with Crippen molar-refractivity contribution in [3.8, 4) is 0 Å². The Morgan fingerprint density at radius 1 is 1.37 bits per heavy atom. The maximum absolute atomic E-state index is 11.9. The first kappa shape index (κ1) is 13.5.